The number of rotatable bonds is 4. The summed E-state index contributed by atoms with van der Waals surface area (Å²) in [6, 6.07) is 12.0. The second-order valence-electron chi connectivity index (χ2n) is 5.66. The van der Waals surface area contributed by atoms with Crippen molar-refractivity contribution in [2.24, 2.45) is 0 Å². The molecule has 3 rings (SSSR count). The van der Waals surface area contributed by atoms with Gasteiger partial charge in [0.15, 0.2) is 0 Å². The molecule has 0 bridgehead atoms. The van der Waals surface area contributed by atoms with Crippen molar-refractivity contribution in [3.63, 3.8) is 0 Å². The van der Waals surface area contributed by atoms with E-state index in [0.717, 1.165) is 6.54 Å². The summed E-state index contributed by atoms with van der Waals surface area (Å²) in [5.41, 5.74) is 1.48. The number of imidazole rings is 1. The van der Waals surface area contributed by atoms with E-state index in [4.69, 9.17) is 0 Å². The van der Waals surface area contributed by atoms with Gasteiger partial charge in [-0.05, 0) is 37.3 Å². The minimum atomic E-state index is 0.511. The van der Waals surface area contributed by atoms with E-state index in [1.54, 1.807) is 0 Å². The minimum Gasteiger partial charge on any atom is -0.333 e. The Morgan fingerprint density at radius 1 is 1.25 bits per heavy atom. The third-order valence-corrected chi connectivity index (χ3v) is 4.46. The topological polar surface area (TPSA) is 29.9 Å². The van der Waals surface area contributed by atoms with Crippen LogP contribution in [0.2, 0.25) is 0 Å². The summed E-state index contributed by atoms with van der Waals surface area (Å²) in [7, 11) is 0. The van der Waals surface area contributed by atoms with E-state index in [-0.39, 0.29) is 0 Å². The monoisotopic (exact) mass is 269 g/mol. The summed E-state index contributed by atoms with van der Waals surface area (Å²) < 4.78 is 2.28. The molecule has 0 saturated heterocycles. The molecule has 1 heterocycles. The van der Waals surface area contributed by atoms with Crippen LogP contribution in [0, 0.1) is 0 Å². The largest absolute Gasteiger partial charge is 0.333 e. The van der Waals surface area contributed by atoms with Gasteiger partial charge in [0.2, 0.25) is 0 Å². The molecular formula is C17H23N3. The van der Waals surface area contributed by atoms with Crippen molar-refractivity contribution >= 4 is 0 Å². The molecule has 0 spiro atoms. The van der Waals surface area contributed by atoms with Crippen LogP contribution in [-0.4, -0.2) is 22.1 Å². The molecule has 3 heteroatoms. The fraction of sp³-hybridized carbons (Fsp3) is 0.471. The first-order valence-electron chi connectivity index (χ1n) is 7.64. The molecule has 1 aliphatic rings. The predicted octanol–water partition coefficient (Wildman–Crippen LogP) is 3.37. The lowest BCUT2D eigenvalue weighted by Crippen LogP contribution is -2.41. The van der Waals surface area contributed by atoms with E-state index >= 15 is 0 Å². The zero-order valence-electron chi connectivity index (χ0n) is 12.1. The molecule has 3 unspecified atom stereocenters. The van der Waals surface area contributed by atoms with Crippen LogP contribution in [0.3, 0.4) is 0 Å². The number of aromatic nitrogens is 2. The highest BCUT2D eigenvalue weighted by Crippen LogP contribution is 2.38. The van der Waals surface area contributed by atoms with Crippen LogP contribution in [0.25, 0.3) is 0 Å². The van der Waals surface area contributed by atoms with Crippen molar-refractivity contribution in [3.8, 4) is 0 Å². The molecular weight excluding hydrogens is 246 g/mol. The lowest BCUT2D eigenvalue weighted by atomic mass is 9.78. The molecule has 106 valence electrons. The predicted molar refractivity (Wildman–Crippen MR) is 81.8 cm³/mol. The second kappa shape index (κ2) is 6.23. The maximum atomic E-state index is 4.22. The Bertz CT molecular complexity index is 506. The average molecular weight is 269 g/mol. The summed E-state index contributed by atoms with van der Waals surface area (Å²) in [6.45, 7) is 3.22. The van der Waals surface area contributed by atoms with E-state index in [1.807, 2.05) is 12.5 Å². The fourth-order valence-electron chi connectivity index (χ4n) is 3.47. The van der Waals surface area contributed by atoms with Crippen LogP contribution in [0.1, 0.15) is 43.7 Å². The molecule has 1 aliphatic carbocycles. The Hall–Kier alpha value is -1.61. The Balaban J connectivity index is 1.80. The van der Waals surface area contributed by atoms with Gasteiger partial charge in [-0.3, -0.25) is 0 Å². The van der Waals surface area contributed by atoms with E-state index in [2.05, 4.69) is 58.3 Å². The van der Waals surface area contributed by atoms with Crippen molar-refractivity contribution in [3.05, 3.63) is 54.6 Å². The first kappa shape index (κ1) is 13.4. The van der Waals surface area contributed by atoms with E-state index in [0.29, 0.717) is 18.0 Å². The molecule has 1 aromatic carbocycles. The zero-order chi connectivity index (χ0) is 13.8. The average Bonchev–Trinajstić information content (AvgIpc) is 3.03. The summed E-state index contributed by atoms with van der Waals surface area (Å²) >= 11 is 0. The molecule has 1 saturated carbocycles. The van der Waals surface area contributed by atoms with Gasteiger partial charge in [0.25, 0.3) is 0 Å². The molecule has 0 amide bonds. The van der Waals surface area contributed by atoms with Crippen molar-refractivity contribution in [1.82, 2.24) is 14.9 Å². The quantitative estimate of drug-likeness (QED) is 0.922. The number of hydrogen-bond acceptors (Lipinski definition) is 2. The Labute approximate surface area is 121 Å². The highest BCUT2D eigenvalue weighted by Gasteiger charge is 2.31. The molecule has 2 aromatic rings. The molecule has 1 aromatic heterocycles. The molecule has 20 heavy (non-hydrogen) atoms. The smallest absolute Gasteiger partial charge is 0.0949 e. The Morgan fingerprint density at radius 2 is 2.10 bits per heavy atom. The van der Waals surface area contributed by atoms with Crippen LogP contribution in [0.4, 0.5) is 0 Å². The number of nitrogens with zero attached hydrogens (tertiary/aromatic N) is 2. The number of benzene rings is 1. The van der Waals surface area contributed by atoms with Gasteiger partial charge in [0.1, 0.15) is 0 Å². The van der Waals surface area contributed by atoms with Crippen molar-refractivity contribution < 1.29 is 0 Å². The van der Waals surface area contributed by atoms with Gasteiger partial charge in [-0.1, -0.05) is 37.3 Å². The van der Waals surface area contributed by atoms with Gasteiger partial charge in [-0.15, -0.1) is 0 Å². The van der Waals surface area contributed by atoms with Crippen molar-refractivity contribution in [2.45, 2.75) is 44.2 Å². The number of nitrogens with one attached hydrogen (secondary N) is 1. The van der Waals surface area contributed by atoms with E-state index < -0.39 is 0 Å². The first-order chi connectivity index (χ1) is 9.88. The highest BCUT2D eigenvalue weighted by atomic mass is 15.1. The molecule has 0 aliphatic heterocycles. The molecule has 0 radical (unpaired) electrons. The number of hydrogen-bond donors (Lipinski definition) is 1. The van der Waals surface area contributed by atoms with Crippen molar-refractivity contribution in [2.75, 3.05) is 6.54 Å². The summed E-state index contributed by atoms with van der Waals surface area (Å²) in [4.78, 5) is 4.22. The lowest BCUT2D eigenvalue weighted by Gasteiger charge is -2.37. The van der Waals surface area contributed by atoms with Gasteiger partial charge in [0.05, 0.1) is 12.4 Å². The van der Waals surface area contributed by atoms with E-state index in [1.165, 1.54) is 24.8 Å². The molecule has 3 atom stereocenters. The second-order valence-corrected chi connectivity index (χ2v) is 5.66. The van der Waals surface area contributed by atoms with Crippen LogP contribution in [0.15, 0.2) is 49.1 Å². The maximum Gasteiger partial charge on any atom is 0.0949 e. The standard InChI is InChI=1S/C17H23N3/c1-2-19-16-9-8-15(14-6-4-3-5-7-14)12-17(16)20-11-10-18-13-20/h3-7,10-11,13,15-17,19H,2,8-9,12H2,1H3. The fourth-order valence-corrected chi connectivity index (χ4v) is 3.47. The van der Waals surface area contributed by atoms with Gasteiger partial charge >= 0.3 is 0 Å². The highest BCUT2D eigenvalue weighted by molar-refractivity contribution is 5.20. The first-order valence-corrected chi connectivity index (χ1v) is 7.64. The third kappa shape index (κ3) is 2.78. The zero-order valence-corrected chi connectivity index (χ0v) is 12.1. The summed E-state index contributed by atoms with van der Waals surface area (Å²) in [5.74, 6) is 0.665. The Morgan fingerprint density at radius 3 is 2.80 bits per heavy atom. The van der Waals surface area contributed by atoms with Gasteiger partial charge in [-0.2, -0.15) is 0 Å². The van der Waals surface area contributed by atoms with Gasteiger partial charge in [0, 0.05) is 18.4 Å². The normalized spacial score (nSPS) is 26.6. The number of likely N-dealkylation sites (N-methyl/N-ethyl adjacent to an activating group) is 1. The Kier molecular flexibility index (Phi) is 4.16. The van der Waals surface area contributed by atoms with Gasteiger partial charge in [-0.25, -0.2) is 4.98 Å². The lowest BCUT2D eigenvalue weighted by molar-refractivity contribution is 0.243. The summed E-state index contributed by atoms with van der Waals surface area (Å²) in [6.07, 6.45) is 9.64. The maximum absolute atomic E-state index is 4.22. The third-order valence-electron chi connectivity index (χ3n) is 4.46. The van der Waals surface area contributed by atoms with Crippen LogP contribution >= 0.6 is 0 Å². The van der Waals surface area contributed by atoms with Gasteiger partial charge < -0.3 is 9.88 Å². The minimum absolute atomic E-state index is 0.511. The molecule has 1 fully saturated rings. The SMILES string of the molecule is CCNC1CCC(c2ccccc2)CC1n1ccnc1. The van der Waals surface area contributed by atoms with Crippen LogP contribution < -0.4 is 5.32 Å². The van der Waals surface area contributed by atoms with Crippen molar-refractivity contribution in [1.29, 1.82) is 0 Å². The summed E-state index contributed by atoms with van der Waals surface area (Å²) in [5, 5.41) is 3.65. The molecule has 3 nitrogen and oxygen atoms in total. The van der Waals surface area contributed by atoms with Crippen LogP contribution in [0.5, 0.6) is 0 Å². The molecule has 1 N–H and O–H groups in total. The van der Waals surface area contributed by atoms with Crippen LogP contribution in [-0.2, 0) is 0 Å². The van der Waals surface area contributed by atoms with E-state index in [9.17, 15) is 0 Å².